The van der Waals surface area contributed by atoms with Gasteiger partial charge in [-0.3, -0.25) is 9.11 Å². The minimum Gasteiger partial charge on any atom is -0.284 e. The SMILES string of the molecule is CCC[SiH2]CCC(S(=O)(=O)O)S(=O)(=O)O. The normalized spacial score (nSPS) is 14.1. The summed E-state index contributed by atoms with van der Waals surface area (Å²) in [6.07, 6.45) is 0.762. The molecule has 92 valence electrons. The summed E-state index contributed by atoms with van der Waals surface area (Å²) in [6, 6.07) is 1.46. The van der Waals surface area contributed by atoms with Crippen molar-refractivity contribution in [2.45, 2.75) is 36.4 Å². The van der Waals surface area contributed by atoms with E-state index in [1.807, 2.05) is 6.92 Å². The molecule has 6 nitrogen and oxygen atoms in total. The van der Waals surface area contributed by atoms with Gasteiger partial charge in [-0.1, -0.05) is 25.4 Å². The standard InChI is InChI=1S/C6H16O6S2Si/c1-2-4-15-5-3-6(13(7,8)9)14(10,11)12/h6H,2-5,15H2,1H3,(H,7,8,9)(H,10,11,12). The van der Waals surface area contributed by atoms with Crippen molar-refractivity contribution in [1.82, 2.24) is 0 Å². The molecule has 0 bridgehead atoms. The van der Waals surface area contributed by atoms with Crippen molar-refractivity contribution < 1.29 is 25.9 Å². The van der Waals surface area contributed by atoms with Crippen molar-refractivity contribution in [2.24, 2.45) is 0 Å². The average Bonchev–Trinajstić information content (AvgIpc) is 1.99. The maximum absolute atomic E-state index is 10.7. The fourth-order valence-corrected chi connectivity index (χ4v) is 5.49. The van der Waals surface area contributed by atoms with E-state index in [4.69, 9.17) is 9.11 Å². The molecule has 0 spiro atoms. The first-order valence-electron chi connectivity index (χ1n) is 4.62. The van der Waals surface area contributed by atoms with Crippen LogP contribution in [0.25, 0.3) is 0 Å². The molecule has 9 heteroatoms. The van der Waals surface area contributed by atoms with Crippen molar-refractivity contribution in [3.05, 3.63) is 0 Å². The molecule has 0 radical (unpaired) electrons. The summed E-state index contributed by atoms with van der Waals surface area (Å²) in [5.41, 5.74) is 0. The van der Waals surface area contributed by atoms with Crippen LogP contribution in [0.15, 0.2) is 0 Å². The lowest BCUT2D eigenvalue weighted by atomic mass is 10.6. The smallest absolute Gasteiger partial charge is 0.284 e. The van der Waals surface area contributed by atoms with E-state index in [0.717, 1.165) is 12.5 Å². The van der Waals surface area contributed by atoms with Crippen LogP contribution < -0.4 is 0 Å². The van der Waals surface area contributed by atoms with Crippen molar-refractivity contribution in [1.29, 1.82) is 0 Å². The number of hydrogen-bond donors (Lipinski definition) is 2. The number of hydrogen-bond acceptors (Lipinski definition) is 4. The maximum Gasteiger partial charge on any atom is 0.284 e. The average molecular weight is 276 g/mol. The van der Waals surface area contributed by atoms with Crippen LogP contribution in [0.2, 0.25) is 12.1 Å². The van der Waals surface area contributed by atoms with Crippen molar-refractivity contribution in [2.75, 3.05) is 0 Å². The highest BCUT2D eigenvalue weighted by atomic mass is 32.3. The van der Waals surface area contributed by atoms with Crippen LogP contribution in [-0.4, -0.2) is 40.0 Å². The lowest BCUT2D eigenvalue weighted by Crippen LogP contribution is -2.29. The Kier molecular flexibility index (Phi) is 5.96. The molecule has 0 unspecified atom stereocenters. The van der Waals surface area contributed by atoms with E-state index < -0.39 is 34.3 Å². The van der Waals surface area contributed by atoms with Gasteiger partial charge in [0.2, 0.25) is 4.58 Å². The Balaban J connectivity index is 4.44. The van der Waals surface area contributed by atoms with Crippen LogP contribution in [-0.2, 0) is 20.2 Å². The molecule has 0 rings (SSSR count). The Morgan fingerprint density at radius 1 is 1.07 bits per heavy atom. The molecule has 0 atom stereocenters. The van der Waals surface area contributed by atoms with Gasteiger partial charge in [-0.15, -0.1) is 0 Å². The van der Waals surface area contributed by atoms with Gasteiger partial charge in [0.25, 0.3) is 20.2 Å². The highest BCUT2D eigenvalue weighted by Gasteiger charge is 2.34. The van der Waals surface area contributed by atoms with Gasteiger partial charge in [0.05, 0.1) is 0 Å². The molecular formula is C6H16O6S2Si. The van der Waals surface area contributed by atoms with E-state index in [1.54, 1.807) is 0 Å². The molecule has 0 aliphatic heterocycles. The molecule has 0 aromatic heterocycles. The summed E-state index contributed by atoms with van der Waals surface area (Å²) in [6.45, 7) is 1.98. The van der Waals surface area contributed by atoms with E-state index in [0.29, 0.717) is 6.04 Å². The zero-order chi connectivity index (χ0) is 12.1. The molecule has 0 amide bonds. The first kappa shape index (κ1) is 15.0. The Morgan fingerprint density at radius 2 is 1.53 bits per heavy atom. The Labute approximate surface area is 92.4 Å². The van der Waals surface area contributed by atoms with Crippen LogP contribution in [0, 0.1) is 0 Å². The van der Waals surface area contributed by atoms with Crippen LogP contribution in [0.4, 0.5) is 0 Å². The van der Waals surface area contributed by atoms with Gasteiger partial charge in [0.15, 0.2) is 0 Å². The maximum atomic E-state index is 10.7. The number of rotatable bonds is 7. The molecule has 0 saturated heterocycles. The van der Waals surface area contributed by atoms with Gasteiger partial charge in [0.1, 0.15) is 0 Å². The summed E-state index contributed by atoms with van der Waals surface area (Å²) in [5, 5.41) is 0. The Hall–Kier alpha value is 0.0369. The molecule has 2 N–H and O–H groups in total. The predicted octanol–water partition coefficient (Wildman–Crippen LogP) is -0.106. The molecule has 15 heavy (non-hydrogen) atoms. The quantitative estimate of drug-likeness (QED) is 0.381. The van der Waals surface area contributed by atoms with E-state index in [-0.39, 0.29) is 6.42 Å². The van der Waals surface area contributed by atoms with Gasteiger partial charge in [-0.2, -0.15) is 16.8 Å². The molecule has 0 aromatic carbocycles. The molecule has 0 aliphatic rings. The van der Waals surface area contributed by atoms with Gasteiger partial charge in [0, 0.05) is 9.52 Å². The predicted molar refractivity (Wildman–Crippen MR) is 60.0 cm³/mol. The highest BCUT2D eigenvalue weighted by Crippen LogP contribution is 2.14. The lowest BCUT2D eigenvalue weighted by Gasteiger charge is -2.09. The van der Waals surface area contributed by atoms with Crippen LogP contribution in [0.3, 0.4) is 0 Å². The summed E-state index contributed by atoms with van der Waals surface area (Å²) >= 11 is 0. The molecule has 0 aromatic rings. The van der Waals surface area contributed by atoms with E-state index in [9.17, 15) is 16.8 Å². The zero-order valence-corrected chi connectivity index (χ0v) is 11.5. The summed E-state index contributed by atoms with van der Waals surface area (Å²) in [7, 11) is -9.95. The van der Waals surface area contributed by atoms with E-state index in [2.05, 4.69) is 0 Å². The highest BCUT2D eigenvalue weighted by molar-refractivity contribution is 8.03. The Morgan fingerprint density at radius 3 is 1.87 bits per heavy atom. The minimum absolute atomic E-state index is 0.218. The monoisotopic (exact) mass is 276 g/mol. The second-order valence-electron chi connectivity index (χ2n) is 3.31. The summed E-state index contributed by atoms with van der Waals surface area (Å²) in [4.78, 5) is 0. The zero-order valence-electron chi connectivity index (χ0n) is 8.46. The minimum atomic E-state index is -4.73. The van der Waals surface area contributed by atoms with Gasteiger partial charge >= 0.3 is 0 Å². The third kappa shape index (κ3) is 6.25. The van der Waals surface area contributed by atoms with Crippen LogP contribution >= 0.6 is 0 Å². The molecule has 0 aliphatic carbocycles. The third-order valence-electron chi connectivity index (χ3n) is 1.96. The second kappa shape index (κ2) is 5.94. The van der Waals surface area contributed by atoms with E-state index >= 15 is 0 Å². The fraction of sp³-hybridized carbons (Fsp3) is 1.00. The third-order valence-corrected chi connectivity index (χ3v) is 7.33. The van der Waals surface area contributed by atoms with E-state index in [1.165, 1.54) is 0 Å². The van der Waals surface area contributed by atoms with Gasteiger partial charge in [-0.25, -0.2) is 0 Å². The van der Waals surface area contributed by atoms with Crippen molar-refractivity contribution in [3.63, 3.8) is 0 Å². The van der Waals surface area contributed by atoms with Gasteiger partial charge < -0.3 is 0 Å². The van der Waals surface area contributed by atoms with Gasteiger partial charge in [-0.05, 0) is 6.42 Å². The molecule has 0 fully saturated rings. The summed E-state index contributed by atoms with van der Waals surface area (Å²) < 4.78 is 57.9. The lowest BCUT2D eigenvalue weighted by molar-refractivity contribution is 0.452. The molecular weight excluding hydrogens is 260 g/mol. The van der Waals surface area contributed by atoms with Crippen molar-refractivity contribution >= 4 is 29.8 Å². The molecule has 0 saturated carbocycles. The first-order valence-corrected chi connectivity index (χ1v) is 9.63. The molecule has 0 heterocycles. The van der Waals surface area contributed by atoms with Crippen LogP contribution in [0.5, 0.6) is 0 Å². The fourth-order valence-electron chi connectivity index (χ4n) is 1.19. The summed E-state index contributed by atoms with van der Waals surface area (Å²) in [5.74, 6) is 0. The second-order valence-corrected chi connectivity index (χ2v) is 8.93. The first-order chi connectivity index (χ1) is 6.69. The topological polar surface area (TPSA) is 109 Å². The van der Waals surface area contributed by atoms with Crippen LogP contribution in [0.1, 0.15) is 19.8 Å². The largest absolute Gasteiger partial charge is 0.284 e. The van der Waals surface area contributed by atoms with Crippen molar-refractivity contribution in [3.8, 4) is 0 Å². The Bertz CT molecular complexity index is 340.